The van der Waals surface area contributed by atoms with Gasteiger partial charge >= 0.3 is 6.18 Å². The van der Waals surface area contributed by atoms with Crippen LogP contribution in [0.3, 0.4) is 0 Å². The van der Waals surface area contributed by atoms with Crippen molar-refractivity contribution in [3.8, 4) is 0 Å². The molecule has 0 spiro atoms. The van der Waals surface area contributed by atoms with Crippen molar-refractivity contribution < 1.29 is 27.2 Å². The number of hydrogen-bond donors (Lipinski definition) is 0. The summed E-state index contributed by atoms with van der Waals surface area (Å²) in [6.45, 7) is 3.33. The average molecular weight is 567 g/mol. The second-order valence-electron chi connectivity index (χ2n) is 9.24. The molecule has 12 heteroatoms. The Labute approximate surface area is 225 Å². The van der Waals surface area contributed by atoms with E-state index in [9.17, 15) is 27.2 Å². The molecule has 2 aliphatic rings. The molecule has 0 saturated carbocycles. The van der Waals surface area contributed by atoms with Gasteiger partial charge in [0, 0.05) is 23.5 Å². The van der Waals surface area contributed by atoms with Crippen molar-refractivity contribution in [3.63, 3.8) is 0 Å². The molecule has 6 nitrogen and oxygen atoms in total. The predicted molar refractivity (Wildman–Crippen MR) is 139 cm³/mol. The van der Waals surface area contributed by atoms with Crippen LogP contribution in [0, 0.1) is 0 Å². The maximum absolute atomic E-state index is 14.8. The van der Waals surface area contributed by atoms with Gasteiger partial charge in [-0.1, -0.05) is 30.7 Å². The Bertz CT molecular complexity index is 1440. The molecule has 2 amide bonds. The van der Waals surface area contributed by atoms with E-state index in [1.165, 1.54) is 23.0 Å². The molecular formula is C26H23ClF4N4O2S. The van der Waals surface area contributed by atoms with E-state index >= 15 is 0 Å². The zero-order valence-electron chi connectivity index (χ0n) is 20.2. The number of amides is 2. The summed E-state index contributed by atoms with van der Waals surface area (Å²) in [6.07, 6.45) is -2.39. The van der Waals surface area contributed by atoms with E-state index < -0.39 is 35.1 Å². The van der Waals surface area contributed by atoms with Crippen LogP contribution < -0.4 is 0 Å². The minimum atomic E-state index is -4.56. The Morgan fingerprint density at radius 3 is 2.68 bits per heavy atom. The quantitative estimate of drug-likeness (QED) is 0.271. The normalized spacial score (nSPS) is 22.3. The van der Waals surface area contributed by atoms with Crippen LogP contribution in [0.4, 0.5) is 22.4 Å². The highest BCUT2D eigenvalue weighted by molar-refractivity contribution is 8.18. The molecule has 3 heterocycles. The summed E-state index contributed by atoms with van der Waals surface area (Å²) in [4.78, 5) is 28.9. The van der Waals surface area contributed by atoms with Crippen molar-refractivity contribution in [2.45, 2.75) is 38.3 Å². The van der Waals surface area contributed by atoms with E-state index in [0.29, 0.717) is 36.0 Å². The smallest absolute Gasteiger partial charge is 0.301 e. The number of hydrogen-bond acceptors (Lipinski definition) is 5. The third-order valence-electron chi connectivity index (χ3n) is 6.85. The standard InChI is InChI=1S/C26H23ClF4N4O2S/c1-2-33-8-7-22(20(28)14-33)35-24(36)23(38-25(35)37)10-15-3-6-21-17(9-15)12-32-34(21)13-16-4-5-18(27)11-19(16)26(29,30)31/h3-6,9-12,20,22H,2,7-8,13-14H2,1H3/b23-10-/t20-,22-/m0/s1. The lowest BCUT2D eigenvalue weighted by Crippen LogP contribution is -2.53. The summed E-state index contributed by atoms with van der Waals surface area (Å²) < 4.78 is 56.8. The van der Waals surface area contributed by atoms with Crippen molar-refractivity contribution in [1.82, 2.24) is 19.6 Å². The molecule has 0 bridgehead atoms. The van der Waals surface area contributed by atoms with E-state index in [2.05, 4.69) is 5.10 Å². The molecule has 5 rings (SSSR count). The van der Waals surface area contributed by atoms with Gasteiger partial charge in [-0.05, 0) is 66.2 Å². The van der Waals surface area contributed by atoms with Crippen LogP contribution in [0.2, 0.25) is 5.02 Å². The van der Waals surface area contributed by atoms with Gasteiger partial charge in [-0.3, -0.25) is 19.2 Å². The van der Waals surface area contributed by atoms with Gasteiger partial charge in [0.1, 0.15) is 6.17 Å². The first kappa shape index (κ1) is 26.7. The van der Waals surface area contributed by atoms with Gasteiger partial charge in [-0.2, -0.15) is 18.3 Å². The number of carbonyl (C=O) groups is 2. The lowest BCUT2D eigenvalue weighted by atomic mass is 10.0. The summed E-state index contributed by atoms with van der Waals surface area (Å²) in [5.74, 6) is -0.518. The molecule has 0 aliphatic carbocycles. The summed E-state index contributed by atoms with van der Waals surface area (Å²) >= 11 is 6.56. The monoisotopic (exact) mass is 566 g/mol. The van der Waals surface area contributed by atoms with Crippen molar-refractivity contribution in [2.75, 3.05) is 19.6 Å². The van der Waals surface area contributed by atoms with Crippen molar-refractivity contribution in [2.24, 2.45) is 0 Å². The maximum atomic E-state index is 14.8. The third kappa shape index (κ3) is 5.19. The first-order valence-corrected chi connectivity index (χ1v) is 13.2. The number of benzene rings is 2. The largest absolute Gasteiger partial charge is 0.416 e. The van der Waals surface area contributed by atoms with Crippen molar-refractivity contribution in [1.29, 1.82) is 0 Å². The van der Waals surface area contributed by atoms with Gasteiger partial charge in [0.25, 0.3) is 11.1 Å². The molecule has 2 saturated heterocycles. The topological polar surface area (TPSA) is 58.4 Å². The Hall–Kier alpha value is -2.89. The predicted octanol–water partition coefficient (Wildman–Crippen LogP) is 6.23. The van der Waals surface area contributed by atoms with Gasteiger partial charge in [-0.25, -0.2) is 4.39 Å². The summed E-state index contributed by atoms with van der Waals surface area (Å²) in [7, 11) is 0. The Balaban J connectivity index is 1.37. The number of halogens is 5. The highest BCUT2D eigenvalue weighted by Crippen LogP contribution is 2.37. The van der Waals surface area contributed by atoms with Crippen LogP contribution in [-0.4, -0.2) is 62.6 Å². The molecule has 2 fully saturated rings. The molecule has 38 heavy (non-hydrogen) atoms. The third-order valence-corrected chi connectivity index (χ3v) is 7.97. The second-order valence-corrected chi connectivity index (χ2v) is 10.7. The fourth-order valence-electron chi connectivity index (χ4n) is 4.88. The van der Waals surface area contributed by atoms with Crippen LogP contribution in [-0.2, 0) is 17.5 Å². The Morgan fingerprint density at radius 1 is 1.18 bits per heavy atom. The van der Waals surface area contributed by atoms with E-state index in [4.69, 9.17) is 11.6 Å². The number of thioether (sulfide) groups is 1. The van der Waals surface area contributed by atoms with Crippen LogP contribution in [0.15, 0.2) is 47.5 Å². The molecule has 200 valence electrons. The minimum Gasteiger partial charge on any atom is -0.301 e. The van der Waals surface area contributed by atoms with Gasteiger partial charge < -0.3 is 4.90 Å². The molecule has 0 N–H and O–H groups in total. The molecule has 0 unspecified atom stereocenters. The number of carbonyl (C=O) groups excluding carboxylic acids is 2. The van der Waals surface area contributed by atoms with E-state index in [1.807, 2.05) is 11.8 Å². The summed E-state index contributed by atoms with van der Waals surface area (Å²) in [5, 5.41) is 4.40. The second kappa shape index (κ2) is 10.3. The van der Waals surface area contributed by atoms with E-state index in [1.54, 1.807) is 24.3 Å². The van der Waals surface area contributed by atoms with Crippen molar-refractivity contribution >= 4 is 51.5 Å². The van der Waals surface area contributed by atoms with E-state index in [-0.39, 0.29) is 28.6 Å². The highest BCUT2D eigenvalue weighted by atomic mass is 35.5. The van der Waals surface area contributed by atoms with E-state index in [0.717, 1.165) is 22.7 Å². The lowest BCUT2D eigenvalue weighted by molar-refractivity contribution is -0.138. The molecule has 2 atom stereocenters. The van der Waals surface area contributed by atoms with Crippen LogP contribution in [0.5, 0.6) is 0 Å². The number of aromatic nitrogens is 2. The van der Waals surface area contributed by atoms with Crippen LogP contribution >= 0.6 is 23.4 Å². The molecular weight excluding hydrogens is 544 g/mol. The minimum absolute atomic E-state index is 0.00564. The highest BCUT2D eigenvalue weighted by Gasteiger charge is 2.44. The molecule has 1 aromatic heterocycles. The molecule has 0 radical (unpaired) electrons. The first-order chi connectivity index (χ1) is 18.0. The number of piperidine rings is 1. The number of nitrogens with zero attached hydrogens (tertiary/aromatic N) is 4. The van der Waals surface area contributed by atoms with Gasteiger partial charge in [0.15, 0.2) is 0 Å². The average Bonchev–Trinajstić information content (AvgIpc) is 3.38. The zero-order valence-corrected chi connectivity index (χ0v) is 21.8. The molecule has 2 aliphatic heterocycles. The number of likely N-dealkylation sites (tertiary alicyclic amines) is 1. The molecule has 3 aromatic rings. The first-order valence-electron chi connectivity index (χ1n) is 12.0. The van der Waals surface area contributed by atoms with Gasteiger partial charge in [0.05, 0.1) is 34.8 Å². The fourth-order valence-corrected chi connectivity index (χ4v) is 5.94. The Morgan fingerprint density at radius 2 is 1.97 bits per heavy atom. The maximum Gasteiger partial charge on any atom is 0.416 e. The van der Waals surface area contributed by atoms with Crippen LogP contribution in [0.25, 0.3) is 17.0 Å². The van der Waals surface area contributed by atoms with Gasteiger partial charge in [0.2, 0.25) is 0 Å². The summed E-state index contributed by atoms with van der Waals surface area (Å²) in [5.41, 5.74) is 0.418. The zero-order chi connectivity index (χ0) is 27.2. The number of fused-ring (bicyclic) bond motifs is 1. The molecule has 2 aromatic carbocycles. The Kier molecular flexibility index (Phi) is 7.27. The van der Waals surface area contributed by atoms with Crippen LogP contribution in [0.1, 0.15) is 30.0 Å². The fraction of sp³-hybridized carbons (Fsp3) is 0.346. The number of rotatable bonds is 5. The van der Waals surface area contributed by atoms with Gasteiger partial charge in [-0.15, -0.1) is 0 Å². The lowest BCUT2D eigenvalue weighted by Gasteiger charge is -2.37. The summed E-state index contributed by atoms with van der Waals surface area (Å²) in [6, 6.07) is 7.96. The number of imide groups is 1. The van der Waals surface area contributed by atoms with Crippen molar-refractivity contribution in [3.05, 3.63) is 69.2 Å². The number of alkyl halides is 4. The SMILES string of the molecule is CCN1CC[C@H](N2C(=O)S/C(=C\c3ccc4c(cnn4Cc4ccc(Cl)cc4C(F)(F)F)c3)C2=O)[C@@H](F)C1.